The Bertz CT molecular complexity index is 964. The van der Waals surface area contributed by atoms with E-state index in [1.807, 2.05) is 0 Å². The van der Waals surface area contributed by atoms with Crippen molar-refractivity contribution in [1.29, 1.82) is 0 Å². The molecule has 0 aliphatic rings. The van der Waals surface area contributed by atoms with Crippen LogP contribution in [0.1, 0.15) is 18.0 Å². The van der Waals surface area contributed by atoms with Gasteiger partial charge >= 0.3 is 5.97 Å². The number of carbonyl (C=O) groups is 1. The van der Waals surface area contributed by atoms with E-state index in [2.05, 4.69) is 4.72 Å². The van der Waals surface area contributed by atoms with Gasteiger partial charge in [-0.15, -0.1) is 0 Å². The van der Waals surface area contributed by atoms with Crippen LogP contribution in [0.25, 0.3) is 0 Å². The van der Waals surface area contributed by atoms with E-state index >= 15 is 0 Å². The Morgan fingerprint density at radius 1 is 1.23 bits per heavy atom. The Morgan fingerprint density at radius 2 is 1.92 bits per heavy atom. The van der Waals surface area contributed by atoms with Crippen molar-refractivity contribution < 1.29 is 23.2 Å². The van der Waals surface area contributed by atoms with E-state index in [0.717, 1.165) is 12.1 Å². The van der Waals surface area contributed by atoms with Gasteiger partial charge in [-0.25, -0.2) is 13.1 Å². The van der Waals surface area contributed by atoms with E-state index in [4.69, 9.17) is 28.3 Å². The molecule has 0 spiro atoms. The number of aliphatic carboxylic acids is 1. The first kappa shape index (κ1) is 20.1. The van der Waals surface area contributed by atoms with Crippen LogP contribution in [-0.4, -0.2) is 24.4 Å². The highest BCUT2D eigenvalue weighted by Crippen LogP contribution is 2.28. The number of sulfonamides is 1. The highest BCUT2D eigenvalue weighted by molar-refractivity contribution is 7.89. The summed E-state index contributed by atoms with van der Waals surface area (Å²) in [5.74, 6) is -1.29. The van der Waals surface area contributed by atoms with E-state index in [1.165, 1.54) is 30.3 Å². The Hall–Kier alpha value is -2.20. The molecule has 2 aromatic rings. The van der Waals surface area contributed by atoms with Crippen molar-refractivity contribution >= 4 is 44.9 Å². The van der Waals surface area contributed by atoms with Crippen molar-refractivity contribution in [2.24, 2.45) is 0 Å². The minimum Gasteiger partial charge on any atom is -0.481 e. The van der Waals surface area contributed by atoms with Crippen LogP contribution >= 0.6 is 23.2 Å². The lowest BCUT2D eigenvalue weighted by Gasteiger charge is -2.18. The SMILES string of the molecule is O=C(O)C[C@@H](NS(=O)(=O)c1cc(Cl)ccc1Cl)c1cccc([N+](=O)[O-])c1. The molecule has 0 aliphatic heterocycles. The van der Waals surface area contributed by atoms with Crippen molar-refractivity contribution in [2.45, 2.75) is 17.4 Å². The van der Waals surface area contributed by atoms with Crippen molar-refractivity contribution in [3.63, 3.8) is 0 Å². The third-order valence-corrected chi connectivity index (χ3v) is 5.53. The van der Waals surface area contributed by atoms with Gasteiger partial charge in [0, 0.05) is 17.2 Å². The van der Waals surface area contributed by atoms with Gasteiger partial charge < -0.3 is 5.11 Å². The maximum absolute atomic E-state index is 12.6. The first-order valence-corrected chi connectivity index (χ1v) is 9.27. The number of carboxylic acid groups (broad SMARTS) is 1. The minimum absolute atomic E-state index is 0.102. The lowest BCUT2D eigenvalue weighted by Crippen LogP contribution is -2.30. The van der Waals surface area contributed by atoms with E-state index in [-0.39, 0.29) is 26.2 Å². The number of nitro groups is 1. The number of benzene rings is 2. The van der Waals surface area contributed by atoms with Crippen LogP contribution < -0.4 is 4.72 Å². The summed E-state index contributed by atoms with van der Waals surface area (Å²) in [6.45, 7) is 0. The zero-order valence-electron chi connectivity index (χ0n) is 12.9. The van der Waals surface area contributed by atoms with Gasteiger partial charge in [0.1, 0.15) is 4.90 Å². The number of non-ortho nitro benzene ring substituents is 1. The molecule has 26 heavy (non-hydrogen) atoms. The summed E-state index contributed by atoms with van der Waals surface area (Å²) in [4.78, 5) is 21.0. The Labute approximate surface area is 158 Å². The molecule has 11 heteroatoms. The maximum Gasteiger partial charge on any atom is 0.305 e. The zero-order chi connectivity index (χ0) is 19.5. The van der Waals surface area contributed by atoms with Gasteiger partial charge in [-0.3, -0.25) is 14.9 Å². The van der Waals surface area contributed by atoms with Crippen LogP contribution in [0.2, 0.25) is 10.0 Å². The molecule has 1 atom stereocenters. The standard InChI is InChI=1S/C15H12Cl2N2O6S/c16-10-4-5-12(17)14(7-10)26(24,25)18-13(8-15(20)21)9-2-1-3-11(6-9)19(22)23/h1-7,13,18H,8H2,(H,20,21)/t13-/m1/s1. The predicted octanol–water partition coefficient (Wildman–Crippen LogP) is 3.40. The minimum atomic E-state index is -4.24. The molecule has 0 aliphatic carbocycles. The molecule has 2 aromatic carbocycles. The molecule has 2 rings (SSSR count). The third-order valence-electron chi connectivity index (χ3n) is 3.34. The fraction of sp³-hybridized carbons (Fsp3) is 0.133. The molecule has 0 unspecified atom stereocenters. The molecular weight excluding hydrogens is 407 g/mol. The summed E-state index contributed by atoms with van der Waals surface area (Å²) < 4.78 is 27.4. The number of nitro benzene ring substituents is 1. The second-order valence-corrected chi connectivity index (χ2v) is 7.72. The summed E-state index contributed by atoms with van der Waals surface area (Å²) in [5, 5.41) is 20.0. The molecule has 0 saturated carbocycles. The average Bonchev–Trinajstić information content (AvgIpc) is 2.56. The summed E-state index contributed by atoms with van der Waals surface area (Å²) in [5.41, 5.74) is -0.166. The number of rotatable bonds is 7. The maximum atomic E-state index is 12.6. The smallest absolute Gasteiger partial charge is 0.305 e. The van der Waals surface area contributed by atoms with Gasteiger partial charge in [0.2, 0.25) is 10.0 Å². The number of carboxylic acids is 1. The van der Waals surface area contributed by atoms with E-state index < -0.39 is 33.4 Å². The number of halogens is 2. The normalized spacial score (nSPS) is 12.5. The van der Waals surface area contributed by atoms with Crippen LogP contribution in [-0.2, 0) is 14.8 Å². The molecular formula is C15H12Cl2N2O6S. The molecule has 0 aromatic heterocycles. The third kappa shape index (κ3) is 4.92. The molecule has 0 bridgehead atoms. The first-order valence-electron chi connectivity index (χ1n) is 7.03. The number of hydrogen-bond acceptors (Lipinski definition) is 5. The lowest BCUT2D eigenvalue weighted by molar-refractivity contribution is -0.384. The molecule has 0 saturated heterocycles. The largest absolute Gasteiger partial charge is 0.481 e. The predicted molar refractivity (Wildman–Crippen MR) is 94.9 cm³/mol. The molecule has 0 radical (unpaired) electrons. The van der Waals surface area contributed by atoms with Crippen LogP contribution in [0.5, 0.6) is 0 Å². The summed E-state index contributed by atoms with van der Waals surface area (Å²) >= 11 is 11.7. The average molecular weight is 419 g/mol. The Kier molecular flexibility index (Phi) is 6.19. The van der Waals surface area contributed by atoms with Crippen LogP contribution in [0.15, 0.2) is 47.4 Å². The quantitative estimate of drug-likeness (QED) is 0.523. The van der Waals surface area contributed by atoms with E-state index in [0.29, 0.717) is 0 Å². The lowest BCUT2D eigenvalue weighted by atomic mass is 10.0. The van der Waals surface area contributed by atoms with Crippen molar-refractivity contribution in [1.82, 2.24) is 4.72 Å². The van der Waals surface area contributed by atoms with Gasteiger partial charge in [-0.2, -0.15) is 0 Å². The highest BCUT2D eigenvalue weighted by Gasteiger charge is 2.26. The van der Waals surface area contributed by atoms with E-state index in [1.54, 1.807) is 0 Å². The van der Waals surface area contributed by atoms with Crippen LogP contribution in [0, 0.1) is 10.1 Å². The number of nitrogens with zero attached hydrogens (tertiary/aromatic N) is 1. The van der Waals surface area contributed by atoms with Gasteiger partial charge in [-0.05, 0) is 23.8 Å². The fourth-order valence-electron chi connectivity index (χ4n) is 2.19. The Morgan fingerprint density at radius 3 is 2.54 bits per heavy atom. The Balaban J connectivity index is 2.45. The molecule has 0 heterocycles. The van der Waals surface area contributed by atoms with Crippen molar-refractivity contribution in [3.05, 3.63) is 68.2 Å². The number of nitrogens with one attached hydrogen (secondary N) is 1. The van der Waals surface area contributed by atoms with Gasteiger partial charge in [-0.1, -0.05) is 35.3 Å². The second kappa shape index (κ2) is 8.00. The summed E-state index contributed by atoms with van der Waals surface area (Å²) in [7, 11) is -4.24. The number of hydrogen-bond donors (Lipinski definition) is 2. The zero-order valence-corrected chi connectivity index (χ0v) is 15.3. The van der Waals surface area contributed by atoms with Crippen molar-refractivity contribution in [3.8, 4) is 0 Å². The summed E-state index contributed by atoms with van der Waals surface area (Å²) in [6, 6.07) is 7.62. The second-order valence-electron chi connectivity index (χ2n) is 5.20. The first-order chi connectivity index (χ1) is 12.1. The molecule has 8 nitrogen and oxygen atoms in total. The molecule has 2 N–H and O–H groups in total. The molecule has 0 fully saturated rings. The van der Waals surface area contributed by atoms with Crippen molar-refractivity contribution in [2.75, 3.05) is 0 Å². The molecule has 0 amide bonds. The van der Waals surface area contributed by atoms with Crippen LogP contribution in [0.4, 0.5) is 5.69 Å². The monoisotopic (exact) mass is 418 g/mol. The van der Waals surface area contributed by atoms with E-state index in [9.17, 15) is 23.3 Å². The highest BCUT2D eigenvalue weighted by atomic mass is 35.5. The fourth-order valence-corrected chi connectivity index (χ4v) is 4.18. The van der Waals surface area contributed by atoms with Gasteiger partial charge in [0.25, 0.3) is 5.69 Å². The molecule has 138 valence electrons. The topological polar surface area (TPSA) is 127 Å². The summed E-state index contributed by atoms with van der Waals surface area (Å²) in [6.07, 6.45) is -0.626. The van der Waals surface area contributed by atoms with Crippen LogP contribution in [0.3, 0.4) is 0 Å². The van der Waals surface area contributed by atoms with Gasteiger partial charge in [0.15, 0.2) is 0 Å². The van der Waals surface area contributed by atoms with Gasteiger partial charge in [0.05, 0.1) is 22.4 Å².